The second-order valence-electron chi connectivity index (χ2n) is 4.04. The van der Waals surface area contributed by atoms with Gasteiger partial charge in [0.2, 0.25) is 0 Å². The second-order valence-corrected chi connectivity index (χ2v) is 4.04. The minimum absolute atomic E-state index is 0.0370. The van der Waals surface area contributed by atoms with Crippen LogP contribution in [-0.4, -0.2) is 11.0 Å². The van der Waals surface area contributed by atoms with Crippen LogP contribution >= 0.6 is 0 Å². The van der Waals surface area contributed by atoms with E-state index in [9.17, 15) is 8.78 Å². The highest BCUT2D eigenvalue weighted by Gasteiger charge is 2.08. The minimum Gasteiger partial charge on any atom is -0.489 e. The van der Waals surface area contributed by atoms with Crippen molar-refractivity contribution < 1.29 is 18.7 Å². The van der Waals surface area contributed by atoms with Gasteiger partial charge in [0.1, 0.15) is 24.0 Å². The molecular formula is C14H12F2N2O2. The number of ether oxygens (including phenoxy) is 1. The third-order valence-electron chi connectivity index (χ3n) is 2.63. The zero-order valence-corrected chi connectivity index (χ0v) is 10.4. The Labute approximate surface area is 114 Å². The molecule has 0 amide bonds. The van der Waals surface area contributed by atoms with E-state index in [-0.39, 0.29) is 18.2 Å². The van der Waals surface area contributed by atoms with Crippen molar-refractivity contribution in [1.82, 2.24) is 0 Å². The van der Waals surface area contributed by atoms with Gasteiger partial charge in [0.15, 0.2) is 5.84 Å². The first-order chi connectivity index (χ1) is 9.60. The fourth-order valence-electron chi connectivity index (χ4n) is 1.72. The maximum atomic E-state index is 13.0. The number of hydrogen-bond acceptors (Lipinski definition) is 3. The maximum Gasteiger partial charge on any atom is 0.170 e. The van der Waals surface area contributed by atoms with Gasteiger partial charge in [0.05, 0.1) is 0 Å². The molecule has 0 aliphatic rings. The number of nitrogens with two attached hydrogens (primary N) is 1. The van der Waals surface area contributed by atoms with E-state index in [0.717, 1.165) is 18.2 Å². The molecule has 0 saturated carbocycles. The van der Waals surface area contributed by atoms with E-state index in [1.165, 1.54) is 0 Å². The van der Waals surface area contributed by atoms with E-state index in [4.69, 9.17) is 15.7 Å². The molecule has 0 saturated heterocycles. The highest BCUT2D eigenvalue weighted by molar-refractivity contribution is 5.98. The minimum atomic E-state index is -0.718. The van der Waals surface area contributed by atoms with Crippen LogP contribution in [0.1, 0.15) is 11.1 Å². The number of benzene rings is 2. The largest absolute Gasteiger partial charge is 0.489 e. The van der Waals surface area contributed by atoms with E-state index in [0.29, 0.717) is 11.1 Å². The summed E-state index contributed by atoms with van der Waals surface area (Å²) in [5.41, 5.74) is 6.66. The molecule has 2 rings (SSSR count). The molecule has 0 bridgehead atoms. The molecule has 104 valence electrons. The fourth-order valence-corrected chi connectivity index (χ4v) is 1.72. The Morgan fingerprint density at radius 1 is 1.15 bits per heavy atom. The molecule has 0 atom stereocenters. The zero-order valence-electron chi connectivity index (χ0n) is 10.4. The van der Waals surface area contributed by atoms with E-state index >= 15 is 0 Å². The molecule has 0 unspecified atom stereocenters. The lowest BCUT2D eigenvalue weighted by Gasteiger charge is -2.10. The Morgan fingerprint density at radius 3 is 2.45 bits per heavy atom. The van der Waals surface area contributed by atoms with E-state index in [1.54, 1.807) is 24.3 Å². The van der Waals surface area contributed by atoms with E-state index in [1.807, 2.05) is 0 Å². The van der Waals surface area contributed by atoms with Gasteiger partial charge in [-0.05, 0) is 0 Å². The molecule has 2 aromatic carbocycles. The third kappa shape index (κ3) is 3.23. The summed E-state index contributed by atoms with van der Waals surface area (Å²) in [5, 5.41) is 11.6. The van der Waals surface area contributed by atoms with Gasteiger partial charge in [-0.15, -0.1) is 0 Å². The van der Waals surface area contributed by atoms with E-state index < -0.39 is 11.6 Å². The Hall–Kier alpha value is -2.63. The molecule has 20 heavy (non-hydrogen) atoms. The van der Waals surface area contributed by atoms with Crippen LogP contribution in [0.25, 0.3) is 0 Å². The molecule has 0 heterocycles. The smallest absolute Gasteiger partial charge is 0.170 e. The number of rotatable bonds is 4. The third-order valence-corrected chi connectivity index (χ3v) is 2.63. The standard InChI is InChI=1S/C14H12F2N2O2/c15-10-5-11(16)7-12(6-10)20-8-9-3-1-2-4-13(9)14(17)18-19/h1-7,19H,8H2,(H2,17,18). The summed E-state index contributed by atoms with van der Waals surface area (Å²) in [5.74, 6) is -1.43. The molecule has 2 aromatic rings. The SMILES string of the molecule is NC(=NO)c1ccccc1COc1cc(F)cc(F)c1. The first-order valence-corrected chi connectivity index (χ1v) is 5.75. The number of hydrogen-bond donors (Lipinski definition) is 2. The average Bonchev–Trinajstić information content (AvgIpc) is 2.43. The summed E-state index contributed by atoms with van der Waals surface area (Å²) in [4.78, 5) is 0. The normalized spacial score (nSPS) is 11.4. The van der Waals surface area contributed by atoms with Crippen LogP contribution in [0.15, 0.2) is 47.6 Å². The molecule has 0 radical (unpaired) electrons. The van der Waals surface area contributed by atoms with E-state index in [2.05, 4.69) is 5.16 Å². The first kappa shape index (κ1) is 13.8. The summed E-state index contributed by atoms with van der Waals surface area (Å²) < 4.78 is 31.4. The van der Waals surface area contributed by atoms with Gasteiger partial charge in [0, 0.05) is 29.3 Å². The van der Waals surface area contributed by atoms with Gasteiger partial charge in [0.25, 0.3) is 0 Å². The van der Waals surface area contributed by atoms with Crippen molar-refractivity contribution in [2.45, 2.75) is 6.61 Å². The van der Waals surface area contributed by atoms with Crippen LogP contribution in [0.5, 0.6) is 5.75 Å². The first-order valence-electron chi connectivity index (χ1n) is 5.75. The van der Waals surface area contributed by atoms with Crippen LogP contribution < -0.4 is 10.5 Å². The fraction of sp³-hybridized carbons (Fsp3) is 0.0714. The lowest BCUT2D eigenvalue weighted by molar-refractivity contribution is 0.301. The molecule has 6 heteroatoms. The average molecular weight is 278 g/mol. The number of oxime groups is 1. The number of halogens is 2. The van der Waals surface area contributed by atoms with Crippen molar-refractivity contribution in [1.29, 1.82) is 0 Å². The number of nitrogens with zero attached hydrogens (tertiary/aromatic N) is 1. The summed E-state index contributed by atoms with van der Waals surface area (Å²) in [6.07, 6.45) is 0. The van der Waals surface area contributed by atoms with Gasteiger partial charge in [-0.3, -0.25) is 0 Å². The summed E-state index contributed by atoms with van der Waals surface area (Å²) in [6, 6.07) is 9.75. The van der Waals surface area contributed by atoms with Gasteiger partial charge in [-0.25, -0.2) is 8.78 Å². The van der Waals surface area contributed by atoms with Crippen molar-refractivity contribution in [2.24, 2.45) is 10.9 Å². The predicted molar refractivity (Wildman–Crippen MR) is 69.6 cm³/mol. The van der Waals surface area contributed by atoms with Crippen LogP contribution in [0.4, 0.5) is 8.78 Å². The molecule has 0 fully saturated rings. The maximum absolute atomic E-state index is 13.0. The van der Waals surface area contributed by atoms with Crippen molar-refractivity contribution >= 4 is 5.84 Å². The Bertz CT molecular complexity index is 625. The summed E-state index contributed by atoms with van der Waals surface area (Å²) in [7, 11) is 0. The van der Waals surface area contributed by atoms with Crippen molar-refractivity contribution in [3.05, 3.63) is 65.2 Å². The summed E-state index contributed by atoms with van der Waals surface area (Å²) >= 11 is 0. The van der Waals surface area contributed by atoms with Gasteiger partial charge in [-0.2, -0.15) is 0 Å². The monoisotopic (exact) mass is 278 g/mol. The lowest BCUT2D eigenvalue weighted by Crippen LogP contribution is -2.16. The Kier molecular flexibility index (Phi) is 4.14. The van der Waals surface area contributed by atoms with Crippen LogP contribution in [-0.2, 0) is 6.61 Å². The van der Waals surface area contributed by atoms with Gasteiger partial charge < -0.3 is 15.7 Å². The second kappa shape index (κ2) is 6.01. The highest BCUT2D eigenvalue weighted by Crippen LogP contribution is 2.18. The van der Waals surface area contributed by atoms with Crippen molar-refractivity contribution in [2.75, 3.05) is 0 Å². The number of amidine groups is 1. The molecule has 0 aliphatic carbocycles. The molecule has 0 spiro atoms. The van der Waals surface area contributed by atoms with Crippen molar-refractivity contribution in [3.8, 4) is 5.75 Å². The molecule has 3 N–H and O–H groups in total. The molecule has 0 aromatic heterocycles. The van der Waals surface area contributed by atoms with Crippen molar-refractivity contribution in [3.63, 3.8) is 0 Å². The molecular weight excluding hydrogens is 266 g/mol. The quantitative estimate of drug-likeness (QED) is 0.391. The highest BCUT2D eigenvalue weighted by atomic mass is 19.1. The Balaban J connectivity index is 2.19. The predicted octanol–water partition coefficient (Wildman–Crippen LogP) is 2.64. The van der Waals surface area contributed by atoms with Crippen LogP contribution in [0.2, 0.25) is 0 Å². The Morgan fingerprint density at radius 2 is 1.80 bits per heavy atom. The molecule has 0 aliphatic heterocycles. The van der Waals surface area contributed by atoms with Gasteiger partial charge >= 0.3 is 0 Å². The lowest BCUT2D eigenvalue weighted by atomic mass is 10.1. The topological polar surface area (TPSA) is 67.8 Å². The summed E-state index contributed by atoms with van der Waals surface area (Å²) in [6.45, 7) is 0.0370. The van der Waals surface area contributed by atoms with Crippen LogP contribution in [0, 0.1) is 11.6 Å². The van der Waals surface area contributed by atoms with Crippen LogP contribution in [0.3, 0.4) is 0 Å². The van der Waals surface area contributed by atoms with Gasteiger partial charge in [-0.1, -0.05) is 29.4 Å². The zero-order chi connectivity index (χ0) is 14.5. The molecule has 4 nitrogen and oxygen atoms in total.